The maximum Gasteiger partial charge on any atom is 0.263 e. The molecule has 0 saturated heterocycles. The van der Waals surface area contributed by atoms with Crippen LogP contribution < -0.4 is 10.9 Å². The average Bonchev–Trinajstić information content (AvgIpc) is 3.03. The summed E-state index contributed by atoms with van der Waals surface area (Å²) in [6.07, 6.45) is 5.82. The normalized spacial score (nSPS) is 19.6. The van der Waals surface area contributed by atoms with E-state index >= 15 is 0 Å². The first kappa shape index (κ1) is 18.9. The van der Waals surface area contributed by atoms with Crippen LogP contribution in [0.4, 0.5) is 0 Å². The molecule has 0 atom stereocenters. The summed E-state index contributed by atoms with van der Waals surface area (Å²) in [5.74, 6) is 0.622. The van der Waals surface area contributed by atoms with Gasteiger partial charge in [-0.3, -0.25) is 14.2 Å². The van der Waals surface area contributed by atoms with Crippen LogP contribution >= 0.6 is 11.3 Å². The molecule has 0 radical (unpaired) electrons. The number of aryl methyl sites for hydroxylation is 1. The summed E-state index contributed by atoms with van der Waals surface area (Å²) in [6, 6.07) is 10.1. The van der Waals surface area contributed by atoms with Gasteiger partial charge in [-0.15, -0.1) is 11.3 Å². The van der Waals surface area contributed by atoms with Crippen molar-refractivity contribution in [3.63, 3.8) is 0 Å². The van der Waals surface area contributed by atoms with E-state index in [4.69, 9.17) is 0 Å². The summed E-state index contributed by atoms with van der Waals surface area (Å²) in [5.41, 5.74) is 1.78. The van der Waals surface area contributed by atoms with Crippen molar-refractivity contribution in [3.05, 3.63) is 51.9 Å². The summed E-state index contributed by atoms with van der Waals surface area (Å²) in [4.78, 5) is 31.9. The van der Waals surface area contributed by atoms with Crippen LogP contribution in [-0.4, -0.2) is 21.5 Å². The van der Waals surface area contributed by atoms with Crippen molar-refractivity contribution in [1.82, 2.24) is 14.9 Å². The molecular formula is C22H25N3O2S. The molecule has 0 unspecified atom stereocenters. The summed E-state index contributed by atoms with van der Waals surface area (Å²) in [7, 11) is 0. The molecule has 5 nitrogen and oxygen atoms in total. The second-order valence-electron chi connectivity index (χ2n) is 7.78. The molecule has 3 aromatic rings. The Bertz CT molecular complexity index is 1050. The zero-order valence-corrected chi connectivity index (χ0v) is 17.1. The number of hydrogen-bond donors (Lipinski definition) is 1. The van der Waals surface area contributed by atoms with Crippen molar-refractivity contribution in [2.45, 2.75) is 52.1 Å². The molecule has 6 heteroatoms. The number of rotatable bonds is 4. The first-order valence-corrected chi connectivity index (χ1v) is 10.7. The van der Waals surface area contributed by atoms with Gasteiger partial charge in [0.15, 0.2) is 0 Å². The van der Waals surface area contributed by atoms with E-state index in [0.29, 0.717) is 5.39 Å². The SMILES string of the molecule is Cc1sc2ncn(CC(=O)NC3CCC(C)CC3)c(=O)c2c1-c1ccccc1. The van der Waals surface area contributed by atoms with E-state index in [1.54, 1.807) is 0 Å². The van der Waals surface area contributed by atoms with Gasteiger partial charge in [0.25, 0.3) is 5.56 Å². The third kappa shape index (κ3) is 3.74. The van der Waals surface area contributed by atoms with Crippen LogP contribution in [0.15, 0.2) is 41.5 Å². The van der Waals surface area contributed by atoms with Crippen LogP contribution in [0.5, 0.6) is 0 Å². The lowest BCUT2D eigenvalue weighted by atomic mass is 9.87. The fourth-order valence-corrected chi connectivity index (χ4v) is 5.04. The van der Waals surface area contributed by atoms with E-state index < -0.39 is 0 Å². The first-order chi connectivity index (χ1) is 13.5. The van der Waals surface area contributed by atoms with Crippen LogP contribution in [0.1, 0.15) is 37.5 Å². The minimum absolute atomic E-state index is 0.0109. The lowest BCUT2D eigenvalue weighted by Crippen LogP contribution is -2.40. The Balaban J connectivity index is 1.61. The van der Waals surface area contributed by atoms with Gasteiger partial charge in [-0.05, 0) is 44.1 Å². The van der Waals surface area contributed by atoms with E-state index in [0.717, 1.165) is 52.4 Å². The highest BCUT2D eigenvalue weighted by atomic mass is 32.1. The largest absolute Gasteiger partial charge is 0.352 e. The van der Waals surface area contributed by atoms with E-state index in [1.165, 1.54) is 22.2 Å². The number of nitrogens with zero attached hydrogens (tertiary/aromatic N) is 2. The highest BCUT2D eigenvalue weighted by Crippen LogP contribution is 2.35. The zero-order chi connectivity index (χ0) is 19.7. The number of thiophene rings is 1. The lowest BCUT2D eigenvalue weighted by molar-refractivity contribution is -0.122. The zero-order valence-electron chi connectivity index (χ0n) is 16.3. The molecule has 1 fully saturated rings. The highest BCUT2D eigenvalue weighted by Gasteiger charge is 2.21. The highest BCUT2D eigenvalue weighted by molar-refractivity contribution is 7.19. The fraction of sp³-hybridized carbons (Fsp3) is 0.409. The third-order valence-corrected chi connectivity index (χ3v) is 6.63. The van der Waals surface area contributed by atoms with Gasteiger partial charge in [0.2, 0.25) is 5.91 Å². The quantitative estimate of drug-likeness (QED) is 0.722. The number of benzene rings is 1. The standard InChI is InChI=1S/C22H25N3O2S/c1-14-8-10-17(11-9-14)24-18(26)12-25-13-23-21-20(22(25)27)19(15(2)28-21)16-6-4-3-5-7-16/h3-7,13-14,17H,8-12H2,1-2H3,(H,24,26). The predicted molar refractivity (Wildman–Crippen MR) is 114 cm³/mol. The monoisotopic (exact) mass is 395 g/mol. The molecule has 146 valence electrons. The minimum atomic E-state index is -0.152. The van der Waals surface area contributed by atoms with Crippen molar-refractivity contribution < 1.29 is 4.79 Å². The number of carbonyl (C=O) groups excluding carboxylic acids is 1. The summed E-state index contributed by atoms with van der Waals surface area (Å²) in [5, 5.41) is 3.70. The van der Waals surface area contributed by atoms with E-state index in [1.807, 2.05) is 37.3 Å². The van der Waals surface area contributed by atoms with Crippen molar-refractivity contribution in [2.75, 3.05) is 0 Å². The Labute approximate surface area is 168 Å². The summed E-state index contributed by atoms with van der Waals surface area (Å²) >= 11 is 1.52. The predicted octanol–water partition coefficient (Wildman–Crippen LogP) is 4.13. The molecule has 1 amide bonds. The molecule has 28 heavy (non-hydrogen) atoms. The van der Waals surface area contributed by atoms with Crippen LogP contribution in [0.2, 0.25) is 0 Å². The number of hydrogen-bond acceptors (Lipinski definition) is 4. The maximum absolute atomic E-state index is 13.2. The second kappa shape index (κ2) is 7.87. The fourth-order valence-electron chi connectivity index (χ4n) is 4.04. The maximum atomic E-state index is 13.2. The van der Waals surface area contributed by atoms with Gasteiger partial charge in [0, 0.05) is 16.5 Å². The van der Waals surface area contributed by atoms with Gasteiger partial charge in [-0.2, -0.15) is 0 Å². The number of nitrogens with one attached hydrogen (secondary N) is 1. The van der Waals surface area contributed by atoms with Gasteiger partial charge < -0.3 is 5.32 Å². The molecule has 1 aliphatic rings. The van der Waals surface area contributed by atoms with Gasteiger partial charge in [-0.25, -0.2) is 4.98 Å². The average molecular weight is 396 g/mol. The Morgan fingerprint density at radius 2 is 1.93 bits per heavy atom. The summed E-state index contributed by atoms with van der Waals surface area (Å²) < 4.78 is 1.43. The van der Waals surface area contributed by atoms with Crippen molar-refractivity contribution in [1.29, 1.82) is 0 Å². The van der Waals surface area contributed by atoms with Crippen LogP contribution in [0, 0.1) is 12.8 Å². The molecule has 4 rings (SSSR count). The number of fused-ring (bicyclic) bond motifs is 1. The van der Waals surface area contributed by atoms with Crippen molar-refractivity contribution in [2.24, 2.45) is 5.92 Å². The van der Waals surface area contributed by atoms with Crippen LogP contribution in [-0.2, 0) is 11.3 Å². The number of amides is 1. The Kier molecular flexibility index (Phi) is 5.31. The van der Waals surface area contributed by atoms with E-state index in [2.05, 4.69) is 17.2 Å². The molecule has 0 aliphatic heterocycles. The van der Waals surface area contributed by atoms with Gasteiger partial charge in [0.1, 0.15) is 11.4 Å². The third-order valence-electron chi connectivity index (χ3n) is 5.61. The van der Waals surface area contributed by atoms with Gasteiger partial charge in [-0.1, -0.05) is 37.3 Å². The van der Waals surface area contributed by atoms with Gasteiger partial charge >= 0.3 is 0 Å². The van der Waals surface area contributed by atoms with E-state index in [9.17, 15) is 9.59 Å². The molecule has 1 aliphatic carbocycles. The Morgan fingerprint density at radius 3 is 2.64 bits per heavy atom. The Morgan fingerprint density at radius 1 is 1.21 bits per heavy atom. The second-order valence-corrected chi connectivity index (χ2v) is 8.98. The molecule has 2 heterocycles. The lowest BCUT2D eigenvalue weighted by Gasteiger charge is -2.26. The number of carbonyl (C=O) groups is 1. The topological polar surface area (TPSA) is 64.0 Å². The molecule has 1 aromatic carbocycles. The molecular weight excluding hydrogens is 370 g/mol. The van der Waals surface area contributed by atoms with Gasteiger partial charge in [0.05, 0.1) is 11.7 Å². The van der Waals surface area contributed by atoms with E-state index in [-0.39, 0.29) is 24.1 Å². The molecule has 1 saturated carbocycles. The Hall–Kier alpha value is -2.47. The summed E-state index contributed by atoms with van der Waals surface area (Å²) in [6.45, 7) is 4.28. The molecule has 2 aromatic heterocycles. The molecule has 0 bridgehead atoms. The van der Waals surface area contributed by atoms with Crippen molar-refractivity contribution in [3.8, 4) is 11.1 Å². The minimum Gasteiger partial charge on any atom is -0.352 e. The smallest absolute Gasteiger partial charge is 0.263 e. The van der Waals surface area contributed by atoms with Crippen molar-refractivity contribution >= 4 is 27.5 Å². The first-order valence-electron chi connectivity index (χ1n) is 9.86. The van der Waals surface area contributed by atoms with Crippen LogP contribution in [0.3, 0.4) is 0 Å². The molecule has 0 spiro atoms. The van der Waals surface area contributed by atoms with Crippen LogP contribution in [0.25, 0.3) is 21.3 Å². The number of aromatic nitrogens is 2. The molecule has 1 N–H and O–H groups in total.